The van der Waals surface area contributed by atoms with E-state index in [1.54, 1.807) is 24.3 Å². The van der Waals surface area contributed by atoms with Crippen LogP contribution in [-0.4, -0.2) is 21.1 Å². The lowest BCUT2D eigenvalue weighted by atomic mass is 9.95. The predicted molar refractivity (Wildman–Crippen MR) is 80.9 cm³/mol. The van der Waals surface area contributed by atoms with Crippen LogP contribution >= 0.6 is 0 Å². The summed E-state index contributed by atoms with van der Waals surface area (Å²) in [7, 11) is 0. The molecule has 0 fully saturated rings. The molecule has 1 aromatic heterocycles. The van der Waals surface area contributed by atoms with Gasteiger partial charge < -0.3 is 0 Å². The summed E-state index contributed by atoms with van der Waals surface area (Å²) in [5, 5.41) is 18.1. The first-order valence-electron chi connectivity index (χ1n) is 6.55. The predicted octanol–water partition coefficient (Wildman–Crippen LogP) is 2.60. The van der Waals surface area contributed by atoms with E-state index in [1.807, 2.05) is 24.3 Å². The van der Waals surface area contributed by atoms with Gasteiger partial charge in [0.25, 0.3) is 5.91 Å². The molecule has 0 aliphatic heterocycles. The molecule has 0 saturated carbocycles. The number of nitriles is 1. The molecule has 0 radical (unpaired) electrons. The second-order valence-corrected chi connectivity index (χ2v) is 4.49. The molecule has 3 rings (SSSR count). The fourth-order valence-electron chi connectivity index (χ4n) is 2.17. The van der Waals surface area contributed by atoms with Gasteiger partial charge in [-0.2, -0.15) is 15.3 Å². The van der Waals surface area contributed by atoms with Crippen LogP contribution in [0.25, 0.3) is 11.1 Å². The van der Waals surface area contributed by atoms with Crippen LogP contribution < -0.4 is 5.32 Å². The lowest BCUT2D eigenvalue weighted by Crippen LogP contribution is -2.14. The van der Waals surface area contributed by atoms with Gasteiger partial charge in [0, 0.05) is 11.1 Å². The van der Waals surface area contributed by atoms with Gasteiger partial charge in [-0.3, -0.25) is 10.1 Å². The van der Waals surface area contributed by atoms with Crippen LogP contribution in [0.3, 0.4) is 0 Å². The number of rotatable bonds is 3. The van der Waals surface area contributed by atoms with Gasteiger partial charge in [0.15, 0.2) is 0 Å². The zero-order chi connectivity index (χ0) is 15.4. The standard InChI is InChI=1S/C16H11N5O/c17-9-11-5-1-2-6-12(11)13-7-3-4-8-14(13)15(22)20-16-18-10-19-21-16/h1-8,10H,(H2,18,19,20,21,22). The van der Waals surface area contributed by atoms with Gasteiger partial charge >= 0.3 is 0 Å². The molecule has 6 heteroatoms. The van der Waals surface area contributed by atoms with Crippen molar-refractivity contribution in [2.24, 2.45) is 0 Å². The largest absolute Gasteiger partial charge is 0.291 e. The summed E-state index contributed by atoms with van der Waals surface area (Å²) in [6.07, 6.45) is 1.31. The minimum absolute atomic E-state index is 0.272. The van der Waals surface area contributed by atoms with E-state index in [0.29, 0.717) is 22.3 Å². The summed E-state index contributed by atoms with van der Waals surface area (Å²) in [6, 6.07) is 16.4. The van der Waals surface area contributed by atoms with Crippen molar-refractivity contribution >= 4 is 11.9 Å². The van der Waals surface area contributed by atoms with Crippen molar-refractivity contribution in [1.82, 2.24) is 15.2 Å². The molecule has 0 aliphatic carbocycles. The highest BCUT2D eigenvalue weighted by molar-refractivity contribution is 6.08. The highest BCUT2D eigenvalue weighted by Crippen LogP contribution is 2.27. The van der Waals surface area contributed by atoms with Crippen molar-refractivity contribution in [3.63, 3.8) is 0 Å². The summed E-state index contributed by atoms with van der Waals surface area (Å²) < 4.78 is 0. The number of carbonyl (C=O) groups is 1. The number of nitrogens with one attached hydrogen (secondary N) is 2. The Balaban J connectivity index is 2.04. The summed E-state index contributed by atoms with van der Waals surface area (Å²) in [6.45, 7) is 0. The molecule has 6 nitrogen and oxygen atoms in total. The Morgan fingerprint density at radius 2 is 1.82 bits per heavy atom. The minimum Gasteiger partial charge on any atom is -0.291 e. The molecule has 2 N–H and O–H groups in total. The lowest BCUT2D eigenvalue weighted by molar-refractivity contribution is 0.102. The third kappa shape index (κ3) is 2.55. The summed E-state index contributed by atoms with van der Waals surface area (Å²) in [4.78, 5) is 16.3. The Bertz CT molecular complexity index is 849. The molecule has 22 heavy (non-hydrogen) atoms. The highest BCUT2D eigenvalue weighted by atomic mass is 16.1. The topological polar surface area (TPSA) is 94.5 Å². The number of amides is 1. The maximum atomic E-state index is 12.4. The van der Waals surface area contributed by atoms with Crippen molar-refractivity contribution in [2.75, 3.05) is 5.32 Å². The zero-order valence-electron chi connectivity index (χ0n) is 11.4. The van der Waals surface area contributed by atoms with E-state index in [9.17, 15) is 10.1 Å². The molecular weight excluding hydrogens is 278 g/mol. The number of benzene rings is 2. The summed E-state index contributed by atoms with van der Waals surface area (Å²) in [5.74, 6) is -0.0477. The molecule has 1 heterocycles. The van der Waals surface area contributed by atoms with Gasteiger partial charge in [-0.05, 0) is 17.7 Å². The molecule has 1 amide bonds. The SMILES string of the molecule is N#Cc1ccccc1-c1ccccc1C(=O)Nc1ncn[nH]1. The van der Waals surface area contributed by atoms with Gasteiger partial charge in [0.05, 0.1) is 11.6 Å². The van der Waals surface area contributed by atoms with Crippen molar-refractivity contribution < 1.29 is 4.79 Å². The summed E-state index contributed by atoms with van der Waals surface area (Å²) in [5.41, 5.74) is 2.38. The Morgan fingerprint density at radius 1 is 1.09 bits per heavy atom. The molecule has 0 bridgehead atoms. The number of H-pyrrole nitrogens is 1. The molecule has 0 unspecified atom stereocenters. The molecule has 0 saturated heterocycles. The fraction of sp³-hybridized carbons (Fsp3) is 0. The normalized spacial score (nSPS) is 9.95. The highest BCUT2D eigenvalue weighted by Gasteiger charge is 2.15. The second-order valence-electron chi connectivity index (χ2n) is 4.49. The van der Waals surface area contributed by atoms with Crippen LogP contribution in [0.15, 0.2) is 54.9 Å². The lowest BCUT2D eigenvalue weighted by Gasteiger charge is -2.10. The molecule has 0 spiro atoms. The average Bonchev–Trinajstić information content (AvgIpc) is 3.07. The van der Waals surface area contributed by atoms with Crippen LogP contribution in [0.5, 0.6) is 0 Å². The van der Waals surface area contributed by atoms with E-state index in [4.69, 9.17) is 0 Å². The van der Waals surface area contributed by atoms with E-state index in [1.165, 1.54) is 6.33 Å². The third-order valence-corrected chi connectivity index (χ3v) is 3.16. The van der Waals surface area contributed by atoms with E-state index in [2.05, 4.69) is 26.6 Å². The van der Waals surface area contributed by atoms with Gasteiger partial charge in [0.2, 0.25) is 5.95 Å². The molecule has 0 aliphatic rings. The Labute approximate surface area is 126 Å². The molecule has 2 aromatic carbocycles. The number of anilines is 1. The number of nitrogens with zero attached hydrogens (tertiary/aromatic N) is 3. The van der Waals surface area contributed by atoms with Gasteiger partial charge in [-0.25, -0.2) is 5.10 Å². The number of aromatic nitrogens is 3. The maximum absolute atomic E-state index is 12.4. The van der Waals surface area contributed by atoms with E-state index < -0.39 is 0 Å². The van der Waals surface area contributed by atoms with Crippen molar-refractivity contribution in [2.45, 2.75) is 0 Å². The third-order valence-electron chi connectivity index (χ3n) is 3.16. The van der Waals surface area contributed by atoms with E-state index >= 15 is 0 Å². The molecule has 106 valence electrons. The summed E-state index contributed by atoms with van der Waals surface area (Å²) >= 11 is 0. The van der Waals surface area contributed by atoms with Crippen molar-refractivity contribution in [3.8, 4) is 17.2 Å². The van der Waals surface area contributed by atoms with Gasteiger partial charge in [0.1, 0.15) is 6.33 Å². The minimum atomic E-state index is -0.319. The van der Waals surface area contributed by atoms with Gasteiger partial charge in [-0.15, -0.1) is 0 Å². The number of hydrogen-bond donors (Lipinski definition) is 2. The smallest absolute Gasteiger partial charge is 0.258 e. The number of aromatic amines is 1. The monoisotopic (exact) mass is 289 g/mol. The maximum Gasteiger partial charge on any atom is 0.258 e. The van der Waals surface area contributed by atoms with E-state index in [0.717, 1.165) is 0 Å². The van der Waals surface area contributed by atoms with Crippen LogP contribution in [-0.2, 0) is 0 Å². The first kappa shape index (κ1) is 13.5. The van der Waals surface area contributed by atoms with Crippen LogP contribution in [0, 0.1) is 11.3 Å². The van der Waals surface area contributed by atoms with Crippen molar-refractivity contribution in [3.05, 3.63) is 66.0 Å². The molecule has 3 aromatic rings. The van der Waals surface area contributed by atoms with Crippen LogP contribution in [0.4, 0.5) is 5.95 Å². The molecular formula is C16H11N5O. The van der Waals surface area contributed by atoms with Crippen molar-refractivity contribution in [1.29, 1.82) is 5.26 Å². The molecule has 0 atom stereocenters. The van der Waals surface area contributed by atoms with Crippen LogP contribution in [0.2, 0.25) is 0 Å². The first-order chi connectivity index (χ1) is 10.8. The Kier molecular flexibility index (Phi) is 3.62. The number of hydrogen-bond acceptors (Lipinski definition) is 4. The fourth-order valence-corrected chi connectivity index (χ4v) is 2.17. The van der Waals surface area contributed by atoms with Gasteiger partial charge in [-0.1, -0.05) is 36.4 Å². The van der Waals surface area contributed by atoms with Crippen LogP contribution in [0.1, 0.15) is 15.9 Å². The first-order valence-corrected chi connectivity index (χ1v) is 6.55. The Hall–Kier alpha value is -3.46. The van der Waals surface area contributed by atoms with E-state index in [-0.39, 0.29) is 11.9 Å². The Morgan fingerprint density at radius 3 is 2.55 bits per heavy atom. The average molecular weight is 289 g/mol. The quantitative estimate of drug-likeness (QED) is 0.774. The zero-order valence-corrected chi connectivity index (χ0v) is 11.4. The second kappa shape index (κ2) is 5.89. The number of carbonyl (C=O) groups excluding carboxylic acids is 1.